The Morgan fingerprint density at radius 2 is 2.39 bits per heavy atom. The SMILES string of the molecule is O=[N+]([O-])c1ccc(NCC2CCCOC2)c(Cl)c1. The van der Waals surface area contributed by atoms with Crippen LogP contribution in [0.15, 0.2) is 18.2 Å². The Hall–Kier alpha value is -1.33. The second kappa shape index (κ2) is 6.02. The lowest BCUT2D eigenvalue weighted by molar-refractivity contribution is -0.384. The normalized spacial score (nSPS) is 19.5. The van der Waals surface area contributed by atoms with Crippen LogP contribution < -0.4 is 5.32 Å². The molecule has 1 N–H and O–H groups in total. The number of nitro benzene ring substituents is 1. The molecule has 1 aromatic carbocycles. The van der Waals surface area contributed by atoms with E-state index < -0.39 is 4.92 Å². The van der Waals surface area contributed by atoms with Crippen molar-refractivity contribution in [3.8, 4) is 0 Å². The molecule has 0 bridgehead atoms. The topological polar surface area (TPSA) is 64.4 Å². The molecule has 0 aromatic heterocycles. The van der Waals surface area contributed by atoms with Gasteiger partial charge in [-0.2, -0.15) is 0 Å². The lowest BCUT2D eigenvalue weighted by atomic mass is 10.0. The summed E-state index contributed by atoms with van der Waals surface area (Å²) in [6.07, 6.45) is 2.22. The van der Waals surface area contributed by atoms with Crippen LogP contribution in [0.5, 0.6) is 0 Å². The van der Waals surface area contributed by atoms with E-state index in [-0.39, 0.29) is 5.69 Å². The van der Waals surface area contributed by atoms with E-state index in [2.05, 4.69) is 5.32 Å². The van der Waals surface area contributed by atoms with Crippen molar-refractivity contribution >= 4 is 23.0 Å². The van der Waals surface area contributed by atoms with Gasteiger partial charge in [0.15, 0.2) is 0 Å². The summed E-state index contributed by atoms with van der Waals surface area (Å²) in [5.74, 6) is 0.477. The van der Waals surface area contributed by atoms with Crippen molar-refractivity contribution in [1.82, 2.24) is 0 Å². The molecule has 1 unspecified atom stereocenters. The summed E-state index contributed by atoms with van der Waals surface area (Å²) in [5.41, 5.74) is 0.736. The van der Waals surface area contributed by atoms with E-state index >= 15 is 0 Å². The van der Waals surface area contributed by atoms with Crippen molar-refractivity contribution < 1.29 is 9.66 Å². The maximum absolute atomic E-state index is 10.6. The molecule has 1 aliphatic heterocycles. The molecule has 1 fully saturated rings. The van der Waals surface area contributed by atoms with Crippen LogP contribution in [-0.2, 0) is 4.74 Å². The van der Waals surface area contributed by atoms with Crippen LogP contribution in [-0.4, -0.2) is 24.7 Å². The number of non-ortho nitro benzene ring substituents is 1. The quantitative estimate of drug-likeness (QED) is 0.674. The first-order valence-corrected chi connectivity index (χ1v) is 6.30. The summed E-state index contributed by atoms with van der Waals surface area (Å²) in [5, 5.41) is 14.2. The highest BCUT2D eigenvalue weighted by Crippen LogP contribution is 2.27. The molecule has 18 heavy (non-hydrogen) atoms. The molecule has 1 aromatic rings. The zero-order valence-electron chi connectivity index (χ0n) is 9.89. The van der Waals surface area contributed by atoms with Crippen LogP contribution in [0.4, 0.5) is 11.4 Å². The van der Waals surface area contributed by atoms with Gasteiger partial charge in [0.1, 0.15) is 0 Å². The molecule has 2 rings (SSSR count). The molecule has 98 valence electrons. The van der Waals surface area contributed by atoms with E-state index in [0.29, 0.717) is 10.9 Å². The number of nitrogens with zero attached hydrogens (tertiary/aromatic N) is 1. The van der Waals surface area contributed by atoms with E-state index in [4.69, 9.17) is 16.3 Å². The Labute approximate surface area is 110 Å². The molecule has 0 spiro atoms. The molecular formula is C12H15ClN2O3. The Morgan fingerprint density at radius 1 is 1.56 bits per heavy atom. The Kier molecular flexibility index (Phi) is 4.38. The van der Waals surface area contributed by atoms with Crippen molar-refractivity contribution in [1.29, 1.82) is 0 Å². The summed E-state index contributed by atoms with van der Waals surface area (Å²) < 4.78 is 5.39. The number of nitro groups is 1. The maximum atomic E-state index is 10.6. The van der Waals surface area contributed by atoms with Crippen molar-refractivity contribution in [2.45, 2.75) is 12.8 Å². The predicted octanol–water partition coefficient (Wildman–Crippen LogP) is 3.09. The Morgan fingerprint density at radius 3 is 3.00 bits per heavy atom. The molecule has 1 atom stereocenters. The number of anilines is 1. The minimum Gasteiger partial charge on any atom is -0.383 e. The average Bonchev–Trinajstić information content (AvgIpc) is 2.38. The van der Waals surface area contributed by atoms with Gasteiger partial charge in [0.25, 0.3) is 5.69 Å². The summed E-state index contributed by atoms with van der Waals surface area (Å²) in [6.45, 7) is 2.38. The largest absolute Gasteiger partial charge is 0.383 e. The number of benzene rings is 1. The number of hydrogen-bond acceptors (Lipinski definition) is 4. The van der Waals surface area contributed by atoms with Gasteiger partial charge in [-0.05, 0) is 24.8 Å². The Balaban J connectivity index is 1.94. The second-order valence-electron chi connectivity index (χ2n) is 4.39. The third-order valence-electron chi connectivity index (χ3n) is 3.00. The molecule has 0 amide bonds. The zero-order chi connectivity index (χ0) is 13.0. The Bertz CT molecular complexity index is 433. The highest BCUT2D eigenvalue weighted by Gasteiger charge is 2.15. The average molecular weight is 271 g/mol. The van der Waals surface area contributed by atoms with Crippen LogP contribution in [0.1, 0.15) is 12.8 Å². The number of nitrogens with one attached hydrogen (secondary N) is 1. The molecule has 1 saturated heterocycles. The molecule has 0 saturated carbocycles. The number of halogens is 1. The van der Waals surface area contributed by atoms with Gasteiger partial charge >= 0.3 is 0 Å². The first kappa shape index (κ1) is 13.1. The first-order valence-electron chi connectivity index (χ1n) is 5.92. The molecule has 0 radical (unpaired) electrons. The van der Waals surface area contributed by atoms with Crippen molar-refractivity contribution in [3.63, 3.8) is 0 Å². The monoisotopic (exact) mass is 270 g/mol. The molecule has 1 heterocycles. The van der Waals surface area contributed by atoms with Gasteiger partial charge in [-0.3, -0.25) is 10.1 Å². The van der Waals surface area contributed by atoms with Crippen molar-refractivity contribution in [2.24, 2.45) is 5.92 Å². The first-order chi connectivity index (χ1) is 8.66. The van der Waals surface area contributed by atoms with Crippen LogP contribution in [0.3, 0.4) is 0 Å². The number of ether oxygens (including phenoxy) is 1. The summed E-state index contributed by atoms with van der Waals surface area (Å²) in [7, 11) is 0. The van der Waals surface area contributed by atoms with E-state index in [1.165, 1.54) is 12.1 Å². The molecule has 1 aliphatic rings. The predicted molar refractivity (Wildman–Crippen MR) is 70.1 cm³/mol. The minimum atomic E-state index is -0.454. The van der Waals surface area contributed by atoms with Gasteiger partial charge < -0.3 is 10.1 Å². The van der Waals surface area contributed by atoms with Gasteiger partial charge in [0, 0.05) is 25.3 Å². The van der Waals surface area contributed by atoms with Crippen LogP contribution >= 0.6 is 11.6 Å². The van der Waals surface area contributed by atoms with Gasteiger partial charge in [-0.15, -0.1) is 0 Å². The molecule has 6 heteroatoms. The third kappa shape index (κ3) is 3.34. The minimum absolute atomic E-state index is 0.00606. The van der Waals surface area contributed by atoms with Crippen LogP contribution in [0.25, 0.3) is 0 Å². The second-order valence-corrected chi connectivity index (χ2v) is 4.79. The fourth-order valence-corrected chi connectivity index (χ4v) is 2.23. The van der Waals surface area contributed by atoms with Gasteiger partial charge in [0.2, 0.25) is 0 Å². The summed E-state index contributed by atoms with van der Waals surface area (Å²) in [4.78, 5) is 10.1. The number of rotatable bonds is 4. The van der Waals surface area contributed by atoms with Crippen LogP contribution in [0.2, 0.25) is 5.02 Å². The zero-order valence-corrected chi connectivity index (χ0v) is 10.7. The summed E-state index contributed by atoms with van der Waals surface area (Å²) in [6, 6.07) is 4.46. The smallest absolute Gasteiger partial charge is 0.271 e. The van der Waals surface area contributed by atoms with Gasteiger partial charge in [0.05, 0.1) is 22.2 Å². The highest BCUT2D eigenvalue weighted by atomic mass is 35.5. The maximum Gasteiger partial charge on any atom is 0.271 e. The van der Waals surface area contributed by atoms with Crippen LogP contribution in [0, 0.1) is 16.0 Å². The lowest BCUT2D eigenvalue weighted by Crippen LogP contribution is -2.24. The van der Waals surface area contributed by atoms with E-state index in [9.17, 15) is 10.1 Å². The van der Waals surface area contributed by atoms with E-state index in [1.807, 2.05) is 0 Å². The van der Waals surface area contributed by atoms with Gasteiger partial charge in [-0.1, -0.05) is 11.6 Å². The lowest BCUT2D eigenvalue weighted by Gasteiger charge is -2.22. The summed E-state index contributed by atoms with van der Waals surface area (Å²) >= 11 is 5.99. The number of hydrogen-bond donors (Lipinski definition) is 1. The molecule has 0 aliphatic carbocycles. The standard InChI is InChI=1S/C12H15ClN2O3/c13-11-6-10(15(16)17)3-4-12(11)14-7-9-2-1-5-18-8-9/h3-4,6,9,14H,1-2,5,7-8H2. The van der Waals surface area contributed by atoms with E-state index in [0.717, 1.165) is 38.3 Å². The fourth-order valence-electron chi connectivity index (χ4n) is 1.98. The third-order valence-corrected chi connectivity index (χ3v) is 3.31. The van der Waals surface area contributed by atoms with Crippen molar-refractivity contribution in [2.75, 3.05) is 25.1 Å². The fraction of sp³-hybridized carbons (Fsp3) is 0.500. The molecular weight excluding hydrogens is 256 g/mol. The highest BCUT2D eigenvalue weighted by molar-refractivity contribution is 6.33. The van der Waals surface area contributed by atoms with E-state index in [1.54, 1.807) is 6.07 Å². The molecule has 5 nitrogen and oxygen atoms in total. The van der Waals surface area contributed by atoms with Gasteiger partial charge in [-0.25, -0.2) is 0 Å². The van der Waals surface area contributed by atoms with Crippen molar-refractivity contribution in [3.05, 3.63) is 33.3 Å².